The molecule has 0 aliphatic carbocycles. The van der Waals surface area contributed by atoms with Crippen LogP contribution in [0.3, 0.4) is 0 Å². The van der Waals surface area contributed by atoms with Gasteiger partial charge in [-0.1, -0.05) is 11.6 Å². The average Bonchev–Trinajstić information content (AvgIpc) is 2.80. The summed E-state index contributed by atoms with van der Waals surface area (Å²) in [5.74, 6) is 1.64. The van der Waals surface area contributed by atoms with Gasteiger partial charge in [0.25, 0.3) is 0 Å². The second-order valence-electron chi connectivity index (χ2n) is 4.90. The Kier molecular flexibility index (Phi) is 4.87. The third-order valence-electron chi connectivity index (χ3n) is 3.51. The molecule has 100 valence electrons. The summed E-state index contributed by atoms with van der Waals surface area (Å²) in [6, 6.07) is 5.85. The number of rotatable bonds is 5. The zero-order chi connectivity index (χ0) is 13.0. The van der Waals surface area contributed by atoms with Crippen LogP contribution in [0.15, 0.2) is 18.2 Å². The molecule has 0 aromatic heterocycles. The van der Waals surface area contributed by atoms with E-state index in [9.17, 15) is 0 Å². The molecule has 1 fully saturated rings. The van der Waals surface area contributed by atoms with Gasteiger partial charge >= 0.3 is 0 Å². The molecule has 1 aromatic carbocycles. The van der Waals surface area contributed by atoms with Crippen molar-refractivity contribution in [3.63, 3.8) is 0 Å². The molecule has 1 heterocycles. The summed E-state index contributed by atoms with van der Waals surface area (Å²) >= 11 is 6.23. The van der Waals surface area contributed by atoms with E-state index in [1.165, 1.54) is 6.42 Å². The fourth-order valence-electron chi connectivity index (χ4n) is 2.55. The van der Waals surface area contributed by atoms with Crippen molar-refractivity contribution in [3.05, 3.63) is 28.8 Å². The molecular formula is C14H21ClN2O. The first-order valence-corrected chi connectivity index (χ1v) is 6.80. The van der Waals surface area contributed by atoms with E-state index in [2.05, 4.69) is 10.2 Å². The highest BCUT2D eigenvalue weighted by Gasteiger charge is 2.22. The van der Waals surface area contributed by atoms with E-state index >= 15 is 0 Å². The lowest BCUT2D eigenvalue weighted by molar-refractivity contribution is 0.314. The lowest BCUT2D eigenvalue weighted by Gasteiger charge is -2.17. The van der Waals surface area contributed by atoms with Gasteiger partial charge in [-0.2, -0.15) is 0 Å². The topological polar surface area (TPSA) is 24.5 Å². The van der Waals surface area contributed by atoms with Crippen molar-refractivity contribution in [1.29, 1.82) is 0 Å². The molecule has 0 amide bonds. The maximum absolute atomic E-state index is 6.23. The minimum absolute atomic E-state index is 0.763. The van der Waals surface area contributed by atoms with Gasteiger partial charge in [0.05, 0.1) is 7.11 Å². The first kappa shape index (κ1) is 13.7. The predicted molar refractivity (Wildman–Crippen MR) is 75.3 cm³/mol. The molecule has 4 heteroatoms. The third-order valence-corrected chi connectivity index (χ3v) is 3.88. The highest BCUT2D eigenvalue weighted by molar-refractivity contribution is 6.31. The number of ether oxygens (including phenoxy) is 1. The monoisotopic (exact) mass is 268 g/mol. The van der Waals surface area contributed by atoms with Gasteiger partial charge in [-0.25, -0.2) is 0 Å². The fraction of sp³-hybridized carbons (Fsp3) is 0.571. The summed E-state index contributed by atoms with van der Waals surface area (Å²) in [4.78, 5) is 2.46. The molecule has 1 aliphatic rings. The van der Waals surface area contributed by atoms with E-state index in [1.54, 1.807) is 7.11 Å². The van der Waals surface area contributed by atoms with Gasteiger partial charge in [0.15, 0.2) is 0 Å². The molecule has 0 spiro atoms. The Labute approximate surface area is 114 Å². The largest absolute Gasteiger partial charge is 0.497 e. The van der Waals surface area contributed by atoms with E-state index in [-0.39, 0.29) is 0 Å². The zero-order valence-corrected chi connectivity index (χ0v) is 11.8. The third kappa shape index (κ3) is 3.37. The molecule has 1 saturated heterocycles. The Morgan fingerprint density at radius 3 is 3.06 bits per heavy atom. The fourth-order valence-corrected chi connectivity index (χ4v) is 2.73. The number of hydrogen-bond donors (Lipinski definition) is 1. The smallest absolute Gasteiger partial charge is 0.119 e. The van der Waals surface area contributed by atoms with E-state index < -0.39 is 0 Å². The predicted octanol–water partition coefficient (Wildman–Crippen LogP) is 2.39. The first-order valence-electron chi connectivity index (χ1n) is 6.42. The number of benzene rings is 1. The van der Waals surface area contributed by atoms with Crippen molar-refractivity contribution in [2.45, 2.75) is 13.0 Å². The molecule has 1 N–H and O–H groups in total. The van der Waals surface area contributed by atoms with Crippen LogP contribution in [-0.4, -0.2) is 38.7 Å². The normalized spacial score (nSPS) is 20.3. The molecule has 0 bridgehead atoms. The number of likely N-dealkylation sites (tertiary alicyclic amines) is 1. The quantitative estimate of drug-likeness (QED) is 0.888. The van der Waals surface area contributed by atoms with Crippen LogP contribution in [0.2, 0.25) is 5.02 Å². The van der Waals surface area contributed by atoms with Crippen LogP contribution in [-0.2, 0) is 6.54 Å². The van der Waals surface area contributed by atoms with Crippen LogP contribution in [0.5, 0.6) is 5.75 Å². The lowest BCUT2D eigenvalue weighted by atomic mass is 10.1. The highest BCUT2D eigenvalue weighted by atomic mass is 35.5. The van der Waals surface area contributed by atoms with Crippen LogP contribution in [0.4, 0.5) is 0 Å². The molecule has 3 nitrogen and oxygen atoms in total. The van der Waals surface area contributed by atoms with Crippen molar-refractivity contribution in [1.82, 2.24) is 10.2 Å². The molecular weight excluding hydrogens is 248 g/mol. The van der Waals surface area contributed by atoms with Gasteiger partial charge in [-0.05, 0) is 56.2 Å². The minimum Gasteiger partial charge on any atom is -0.497 e. The number of nitrogens with one attached hydrogen (secondary N) is 1. The maximum atomic E-state index is 6.23. The summed E-state index contributed by atoms with van der Waals surface area (Å²) in [7, 11) is 3.70. The number of halogens is 1. The van der Waals surface area contributed by atoms with E-state index in [0.717, 1.165) is 48.4 Å². The van der Waals surface area contributed by atoms with Crippen molar-refractivity contribution >= 4 is 11.6 Å². The summed E-state index contributed by atoms with van der Waals surface area (Å²) in [6.45, 7) is 4.31. The molecule has 1 unspecified atom stereocenters. The van der Waals surface area contributed by atoms with Crippen molar-refractivity contribution in [3.8, 4) is 5.75 Å². The van der Waals surface area contributed by atoms with Gasteiger partial charge in [0.1, 0.15) is 5.75 Å². The number of hydrogen-bond acceptors (Lipinski definition) is 3. The molecule has 1 aliphatic heterocycles. The van der Waals surface area contributed by atoms with E-state index in [4.69, 9.17) is 16.3 Å². The number of nitrogens with zero attached hydrogens (tertiary/aromatic N) is 1. The Hall–Kier alpha value is -0.770. The second-order valence-corrected chi connectivity index (χ2v) is 5.31. The van der Waals surface area contributed by atoms with Crippen LogP contribution in [0.25, 0.3) is 0 Å². The van der Waals surface area contributed by atoms with Crippen LogP contribution in [0, 0.1) is 5.92 Å². The van der Waals surface area contributed by atoms with E-state index in [0.29, 0.717) is 0 Å². The van der Waals surface area contributed by atoms with Crippen molar-refractivity contribution in [2.75, 3.05) is 33.8 Å². The molecule has 2 rings (SSSR count). The van der Waals surface area contributed by atoms with Crippen LogP contribution in [0.1, 0.15) is 12.0 Å². The summed E-state index contributed by atoms with van der Waals surface area (Å²) in [5.41, 5.74) is 1.15. The standard InChI is InChI=1S/C14H21ClN2O/c1-16-8-11-5-6-17(9-11)10-12-7-13(18-2)3-4-14(12)15/h3-4,7,11,16H,5-6,8-10H2,1-2H3. The lowest BCUT2D eigenvalue weighted by Crippen LogP contribution is -2.24. The summed E-state index contributed by atoms with van der Waals surface area (Å²) < 4.78 is 5.25. The second kappa shape index (κ2) is 6.41. The van der Waals surface area contributed by atoms with Gasteiger partial charge < -0.3 is 10.1 Å². The molecule has 18 heavy (non-hydrogen) atoms. The Bertz CT molecular complexity index is 397. The molecule has 1 atom stereocenters. The highest BCUT2D eigenvalue weighted by Crippen LogP contribution is 2.25. The Balaban J connectivity index is 1.97. The molecule has 0 radical (unpaired) electrons. The summed E-state index contributed by atoms with van der Waals surface area (Å²) in [6.07, 6.45) is 1.27. The first-order chi connectivity index (χ1) is 8.72. The molecule has 0 saturated carbocycles. The zero-order valence-electron chi connectivity index (χ0n) is 11.1. The Morgan fingerprint density at radius 2 is 2.33 bits per heavy atom. The molecule has 1 aromatic rings. The van der Waals surface area contributed by atoms with Gasteiger partial charge in [-0.3, -0.25) is 4.90 Å². The summed E-state index contributed by atoms with van der Waals surface area (Å²) in [5, 5.41) is 4.08. The van der Waals surface area contributed by atoms with Gasteiger partial charge in [0, 0.05) is 18.1 Å². The van der Waals surface area contributed by atoms with E-state index in [1.807, 2.05) is 25.2 Å². The van der Waals surface area contributed by atoms with Crippen LogP contribution >= 0.6 is 11.6 Å². The van der Waals surface area contributed by atoms with Crippen LogP contribution < -0.4 is 10.1 Å². The minimum atomic E-state index is 0.763. The van der Waals surface area contributed by atoms with Gasteiger partial charge in [0.2, 0.25) is 0 Å². The Morgan fingerprint density at radius 1 is 1.50 bits per heavy atom. The number of methoxy groups -OCH3 is 1. The van der Waals surface area contributed by atoms with Crippen molar-refractivity contribution in [2.24, 2.45) is 5.92 Å². The maximum Gasteiger partial charge on any atom is 0.119 e. The van der Waals surface area contributed by atoms with Gasteiger partial charge in [-0.15, -0.1) is 0 Å². The van der Waals surface area contributed by atoms with Crippen molar-refractivity contribution < 1.29 is 4.74 Å². The SMILES string of the molecule is CNCC1CCN(Cc2cc(OC)ccc2Cl)C1. The average molecular weight is 269 g/mol.